The van der Waals surface area contributed by atoms with Crippen molar-refractivity contribution in [3.63, 3.8) is 0 Å². The minimum atomic E-state index is -0.573. The molecule has 2 rings (SSSR count). The monoisotopic (exact) mass is 392 g/mol. The van der Waals surface area contributed by atoms with E-state index in [9.17, 15) is 4.79 Å². The Morgan fingerprint density at radius 2 is 1.85 bits per heavy atom. The first-order chi connectivity index (χ1) is 12.6. The van der Waals surface area contributed by atoms with E-state index in [2.05, 4.69) is 12.2 Å². The number of benzene rings is 2. The van der Waals surface area contributed by atoms with Crippen LogP contribution in [0.4, 0.5) is 0 Å². The van der Waals surface area contributed by atoms with Gasteiger partial charge in [-0.25, -0.2) is 0 Å². The fraction of sp³-hybridized carbons (Fsp3) is 0.381. The summed E-state index contributed by atoms with van der Waals surface area (Å²) in [7, 11) is 1.61. The Bertz CT molecular complexity index is 695. The third-order valence-electron chi connectivity index (χ3n) is 4.09. The predicted molar refractivity (Wildman–Crippen MR) is 111 cm³/mol. The molecule has 5 nitrogen and oxygen atoms in total. The second-order valence-electron chi connectivity index (χ2n) is 6.20. The van der Waals surface area contributed by atoms with Crippen LogP contribution in [0.2, 0.25) is 0 Å². The van der Waals surface area contributed by atoms with E-state index in [1.54, 1.807) is 7.11 Å². The molecule has 3 N–H and O–H groups in total. The Kier molecular flexibility index (Phi) is 10.3. The van der Waals surface area contributed by atoms with Gasteiger partial charge < -0.3 is 20.5 Å². The topological polar surface area (TPSA) is 73.6 Å². The van der Waals surface area contributed by atoms with Gasteiger partial charge in [-0.2, -0.15) is 0 Å². The average Bonchev–Trinajstić information content (AvgIpc) is 2.67. The van der Waals surface area contributed by atoms with Gasteiger partial charge in [-0.15, -0.1) is 12.4 Å². The summed E-state index contributed by atoms with van der Waals surface area (Å²) in [6.45, 7) is 3.18. The van der Waals surface area contributed by atoms with Crippen molar-refractivity contribution in [2.75, 3.05) is 13.7 Å². The van der Waals surface area contributed by atoms with Crippen LogP contribution in [0.5, 0.6) is 11.5 Å². The number of unbranched alkanes of at least 4 members (excludes halogenated alkanes) is 1. The van der Waals surface area contributed by atoms with E-state index in [1.807, 2.05) is 48.5 Å². The number of hydrogen-bond acceptors (Lipinski definition) is 4. The Morgan fingerprint density at radius 1 is 1.11 bits per heavy atom. The molecule has 0 saturated carbocycles. The summed E-state index contributed by atoms with van der Waals surface area (Å²) in [5, 5.41) is 2.88. The van der Waals surface area contributed by atoms with Gasteiger partial charge in [-0.1, -0.05) is 49.7 Å². The number of nitrogens with two attached hydrogens (primary N) is 1. The van der Waals surface area contributed by atoms with E-state index in [0.29, 0.717) is 25.3 Å². The number of carbonyl (C=O) groups excluding carboxylic acids is 1. The first-order valence-electron chi connectivity index (χ1n) is 9.01. The van der Waals surface area contributed by atoms with Crippen molar-refractivity contribution in [1.29, 1.82) is 0 Å². The van der Waals surface area contributed by atoms with Crippen LogP contribution in [0.15, 0.2) is 48.5 Å². The Hall–Kier alpha value is -2.24. The van der Waals surface area contributed by atoms with Crippen molar-refractivity contribution in [3.05, 3.63) is 59.7 Å². The molecule has 27 heavy (non-hydrogen) atoms. The molecule has 2 aromatic carbocycles. The van der Waals surface area contributed by atoms with Crippen LogP contribution in [0, 0.1) is 0 Å². The van der Waals surface area contributed by atoms with E-state index < -0.39 is 6.04 Å². The summed E-state index contributed by atoms with van der Waals surface area (Å²) in [5.41, 5.74) is 7.99. The lowest BCUT2D eigenvalue weighted by Gasteiger charge is -2.14. The Morgan fingerprint density at radius 3 is 2.52 bits per heavy atom. The van der Waals surface area contributed by atoms with Gasteiger partial charge in [-0.05, 0) is 36.1 Å². The molecule has 1 amide bonds. The number of carbonyl (C=O) groups is 1. The molecule has 0 radical (unpaired) electrons. The van der Waals surface area contributed by atoms with Crippen molar-refractivity contribution >= 4 is 18.3 Å². The molecule has 0 spiro atoms. The highest BCUT2D eigenvalue weighted by Gasteiger charge is 2.14. The SMILES string of the molecule is CCCCOc1ccc(CNC(=O)C(N)Cc2ccccc2)cc1OC.Cl. The molecule has 0 aromatic heterocycles. The van der Waals surface area contributed by atoms with Crippen molar-refractivity contribution < 1.29 is 14.3 Å². The van der Waals surface area contributed by atoms with E-state index in [0.717, 1.165) is 29.7 Å². The normalized spacial score (nSPS) is 11.2. The molecule has 0 saturated heterocycles. The maximum atomic E-state index is 12.2. The maximum Gasteiger partial charge on any atom is 0.237 e. The zero-order valence-corrected chi connectivity index (χ0v) is 16.8. The lowest BCUT2D eigenvalue weighted by Crippen LogP contribution is -2.41. The number of rotatable bonds is 10. The van der Waals surface area contributed by atoms with E-state index in [1.165, 1.54) is 0 Å². The zero-order valence-electron chi connectivity index (χ0n) is 15.9. The summed E-state index contributed by atoms with van der Waals surface area (Å²) in [6, 6.07) is 14.9. The quantitative estimate of drug-likeness (QED) is 0.607. The first-order valence-corrected chi connectivity index (χ1v) is 9.01. The number of methoxy groups -OCH3 is 1. The van der Waals surface area contributed by atoms with Crippen LogP contribution in [-0.2, 0) is 17.8 Å². The number of nitrogens with one attached hydrogen (secondary N) is 1. The van der Waals surface area contributed by atoms with Crippen LogP contribution >= 0.6 is 12.4 Å². The van der Waals surface area contributed by atoms with Crippen molar-refractivity contribution in [3.8, 4) is 11.5 Å². The third kappa shape index (κ3) is 7.49. The number of amides is 1. The summed E-state index contributed by atoms with van der Waals surface area (Å²) in [6.07, 6.45) is 2.59. The second-order valence-corrected chi connectivity index (χ2v) is 6.20. The van der Waals surface area contributed by atoms with Gasteiger partial charge in [0.1, 0.15) is 0 Å². The lowest BCUT2D eigenvalue weighted by molar-refractivity contribution is -0.122. The molecular weight excluding hydrogens is 364 g/mol. The molecule has 0 bridgehead atoms. The van der Waals surface area contributed by atoms with Gasteiger partial charge in [0.05, 0.1) is 19.8 Å². The van der Waals surface area contributed by atoms with Gasteiger partial charge in [0, 0.05) is 6.54 Å². The molecule has 2 aromatic rings. The number of ether oxygens (including phenoxy) is 2. The highest BCUT2D eigenvalue weighted by molar-refractivity contribution is 5.85. The van der Waals surface area contributed by atoms with Gasteiger partial charge in [-0.3, -0.25) is 4.79 Å². The molecule has 1 atom stereocenters. The molecule has 0 fully saturated rings. The second kappa shape index (κ2) is 12.2. The third-order valence-corrected chi connectivity index (χ3v) is 4.09. The summed E-state index contributed by atoms with van der Waals surface area (Å²) in [4.78, 5) is 12.2. The molecule has 0 heterocycles. The molecular formula is C21H29ClN2O3. The highest BCUT2D eigenvalue weighted by atomic mass is 35.5. The fourth-order valence-electron chi connectivity index (χ4n) is 2.55. The Balaban J connectivity index is 0.00000364. The van der Waals surface area contributed by atoms with E-state index in [-0.39, 0.29) is 18.3 Å². The van der Waals surface area contributed by atoms with Crippen LogP contribution in [0.3, 0.4) is 0 Å². The standard InChI is InChI=1S/C21H28N2O3.ClH/c1-3-4-12-26-19-11-10-17(14-20(19)25-2)15-23-21(24)18(22)13-16-8-6-5-7-9-16;/h5-11,14,18H,3-4,12-13,15,22H2,1-2H3,(H,23,24);1H. The van der Waals surface area contributed by atoms with Crippen molar-refractivity contribution in [2.24, 2.45) is 5.73 Å². The molecule has 0 aliphatic carbocycles. The van der Waals surface area contributed by atoms with Gasteiger partial charge in [0.2, 0.25) is 5.91 Å². The molecule has 0 aliphatic heterocycles. The fourth-order valence-corrected chi connectivity index (χ4v) is 2.55. The van der Waals surface area contributed by atoms with Crippen LogP contribution in [-0.4, -0.2) is 25.7 Å². The number of halogens is 1. The largest absolute Gasteiger partial charge is 0.493 e. The average molecular weight is 393 g/mol. The smallest absolute Gasteiger partial charge is 0.237 e. The van der Waals surface area contributed by atoms with Gasteiger partial charge >= 0.3 is 0 Å². The first kappa shape index (κ1) is 22.8. The number of hydrogen-bond donors (Lipinski definition) is 2. The molecule has 0 aliphatic rings. The minimum absolute atomic E-state index is 0. The predicted octanol–water partition coefficient (Wildman–Crippen LogP) is 3.48. The van der Waals surface area contributed by atoms with Crippen LogP contribution in [0.25, 0.3) is 0 Å². The lowest BCUT2D eigenvalue weighted by atomic mass is 10.1. The summed E-state index contributed by atoms with van der Waals surface area (Å²) < 4.78 is 11.1. The van der Waals surface area contributed by atoms with Crippen molar-refractivity contribution in [2.45, 2.75) is 38.8 Å². The van der Waals surface area contributed by atoms with E-state index >= 15 is 0 Å². The van der Waals surface area contributed by atoms with Crippen LogP contribution in [0.1, 0.15) is 30.9 Å². The Labute approximate surface area is 167 Å². The minimum Gasteiger partial charge on any atom is -0.493 e. The van der Waals surface area contributed by atoms with Crippen LogP contribution < -0.4 is 20.5 Å². The van der Waals surface area contributed by atoms with Gasteiger partial charge in [0.25, 0.3) is 0 Å². The molecule has 6 heteroatoms. The van der Waals surface area contributed by atoms with Crippen molar-refractivity contribution in [1.82, 2.24) is 5.32 Å². The van der Waals surface area contributed by atoms with Gasteiger partial charge in [0.15, 0.2) is 11.5 Å². The maximum absolute atomic E-state index is 12.2. The van der Waals surface area contributed by atoms with E-state index in [4.69, 9.17) is 15.2 Å². The molecule has 148 valence electrons. The summed E-state index contributed by atoms with van der Waals surface area (Å²) >= 11 is 0. The summed E-state index contributed by atoms with van der Waals surface area (Å²) in [5.74, 6) is 1.22. The highest BCUT2D eigenvalue weighted by Crippen LogP contribution is 2.28. The zero-order chi connectivity index (χ0) is 18.8. The molecule has 1 unspecified atom stereocenters.